The van der Waals surface area contributed by atoms with Gasteiger partial charge in [0, 0.05) is 17.6 Å². The highest BCUT2D eigenvalue weighted by molar-refractivity contribution is 5.43. The van der Waals surface area contributed by atoms with Crippen LogP contribution in [0.25, 0.3) is 0 Å². The lowest BCUT2D eigenvalue weighted by atomic mass is 9.95. The fourth-order valence-electron chi connectivity index (χ4n) is 2.16. The molecule has 2 nitrogen and oxygen atoms in total. The van der Waals surface area contributed by atoms with Gasteiger partial charge in [0.05, 0.1) is 0 Å². The maximum atomic E-state index is 5.71. The Morgan fingerprint density at radius 3 is 2.38 bits per heavy atom. The van der Waals surface area contributed by atoms with Crippen molar-refractivity contribution in [2.24, 2.45) is 5.92 Å². The van der Waals surface area contributed by atoms with Crippen LogP contribution in [0.3, 0.4) is 0 Å². The molecule has 0 aromatic heterocycles. The first kappa shape index (κ1) is 11.5. The summed E-state index contributed by atoms with van der Waals surface area (Å²) in [4.78, 5) is 0. The van der Waals surface area contributed by atoms with Gasteiger partial charge in [-0.25, -0.2) is 0 Å². The minimum atomic E-state index is 0.405. The lowest BCUT2D eigenvalue weighted by molar-refractivity contribution is 0.509. The summed E-state index contributed by atoms with van der Waals surface area (Å²) in [7, 11) is 0. The van der Waals surface area contributed by atoms with Crippen molar-refractivity contribution >= 4 is 5.69 Å². The fourth-order valence-corrected chi connectivity index (χ4v) is 2.16. The SMILES string of the molecule is CC(C)CNCC1(c2ccc(N)cc2)CC1. The van der Waals surface area contributed by atoms with E-state index in [1.165, 1.54) is 18.4 Å². The van der Waals surface area contributed by atoms with E-state index in [9.17, 15) is 0 Å². The molecule has 2 rings (SSSR count). The summed E-state index contributed by atoms with van der Waals surface area (Å²) >= 11 is 0. The zero-order valence-electron chi connectivity index (χ0n) is 10.3. The largest absolute Gasteiger partial charge is 0.399 e. The molecule has 88 valence electrons. The molecule has 0 aliphatic heterocycles. The van der Waals surface area contributed by atoms with Crippen molar-refractivity contribution in [1.29, 1.82) is 0 Å². The van der Waals surface area contributed by atoms with Gasteiger partial charge < -0.3 is 11.1 Å². The summed E-state index contributed by atoms with van der Waals surface area (Å²) in [5.41, 5.74) is 8.42. The van der Waals surface area contributed by atoms with Gasteiger partial charge in [-0.15, -0.1) is 0 Å². The summed E-state index contributed by atoms with van der Waals surface area (Å²) in [5, 5.41) is 3.57. The Hall–Kier alpha value is -1.02. The van der Waals surface area contributed by atoms with Crippen LogP contribution in [0.4, 0.5) is 5.69 Å². The van der Waals surface area contributed by atoms with Crippen molar-refractivity contribution in [2.75, 3.05) is 18.8 Å². The van der Waals surface area contributed by atoms with Crippen molar-refractivity contribution in [3.8, 4) is 0 Å². The third kappa shape index (κ3) is 2.56. The first-order valence-electron chi connectivity index (χ1n) is 6.19. The highest BCUT2D eigenvalue weighted by Gasteiger charge is 2.43. The second-order valence-corrected chi connectivity index (χ2v) is 5.43. The summed E-state index contributed by atoms with van der Waals surface area (Å²) in [6.45, 7) is 6.71. The number of nitrogens with one attached hydrogen (secondary N) is 1. The zero-order chi connectivity index (χ0) is 11.6. The van der Waals surface area contributed by atoms with Crippen LogP contribution in [0.5, 0.6) is 0 Å². The Balaban J connectivity index is 1.95. The van der Waals surface area contributed by atoms with Crippen LogP contribution >= 0.6 is 0 Å². The summed E-state index contributed by atoms with van der Waals surface area (Å²) in [5.74, 6) is 0.724. The molecule has 0 unspecified atom stereocenters. The van der Waals surface area contributed by atoms with Crippen LogP contribution in [0.2, 0.25) is 0 Å². The quantitative estimate of drug-likeness (QED) is 0.745. The zero-order valence-corrected chi connectivity index (χ0v) is 10.3. The number of nitrogens with two attached hydrogens (primary N) is 1. The van der Waals surface area contributed by atoms with Crippen LogP contribution in [0.1, 0.15) is 32.3 Å². The Morgan fingerprint density at radius 1 is 1.25 bits per heavy atom. The standard InChI is InChI=1S/C14H22N2/c1-11(2)9-16-10-14(7-8-14)12-3-5-13(15)6-4-12/h3-6,11,16H,7-10,15H2,1-2H3. The molecule has 0 bridgehead atoms. The average Bonchev–Trinajstić information content (AvgIpc) is 2.99. The smallest absolute Gasteiger partial charge is 0.0314 e. The van der Waals surface area contributed by atoms with Gasteiger partial charge in [-0.3, -0.25) is 0 Å². The molecule has 1 saturated carbocycles. The van der Waals surface area contributed by atoms with Crippen LogP contribution in [0, 0.1) is 5.92 Å². The highest BCUT2D eigenvalue weighted by atomic mass is 14.9. The first-order valence-corrected chi connectivity index (χ1v) is 6.19. The maximum absolute atomic E-state index is 5.71. The number of hydrogen-bond donors (Lipinski definition) is 2. The summed E-state index contributed by atoms with van der Waals surface area (Å²) < 4.78 is 0. The van der Waals surface area contributed by atoms with Crippen molar-refractivity contribution < 1.29 is 0 Å². The molecule has 1 aromatic carbocycles. The molecular formula is C14H22N2. The monoisotopic (exact) mass is 218 g/mol. The molecule has 0 saturated heterocycles. The van der Waals surface area contributed by atoms with Gasteiger partial charge in [-0.2, -0.15) is 0 Å². The predicted octanol–water partition coefficient (Wildman–Crippen LogP) is 2.55. The maximum Gasteiger partial charge on any atom is 0.0314 e. The molecule has 0 atom stereocenters. The third-order valence-corrected chi connectivity index (χ3v) is 3.39. The van der Waals surface area contributed by atoms with Crippen LogP contribution < -0.4 is 11.1 Å². The Labute approximate surface area is 98.2 Å². The topological polar surface area (TPSA) is 38.0 Å². The molecular weight excluding hydrogens is 196 g/mol. The van der Waals surface area contributed by atoms with Crippen molar-refractivity contribution in [3.63, 3.8) is 0 Å². The molecule has 0 spiro atoms. The molecule has 1 fully saturated rings. The average molecular weight is 218 g/mol. The number of benzene rings is 1. The number of nitrogen functional groups attached to an aromatic ring is 1. The third-order valence-electron chi connectivity index (χ3n) is 3.39. The first-order chi connectivity index (χ1) is 7.62. The Kier molecular flexibility index (Phi) is 3.20. The van der Waals surface area contributed by atoms with E-state index in [1.807, 2.05) is 12.1 Å². The molecule has 3 N–H and O–H groups in total. The molecule has 0 heterocycles. The molecule has 16 heavy (non-hydrogen) atoms. The van der Waals surface area contributed by atoms with Crippen LogP contribution in [0.15, 0.2) is 24.3 Å². The number of rotatable bonds is 5. The van der Waals surface area contributed by atoms with Crippen LogP contribution in [-0.2, 0) is 5.41 Å². The van der Waals surface area contributed by atoms with E-state index in [1.54, 1.807) is 0 Å². The fraction of sp³-hybridized carbons (Fsp3) is 0.571. The molecule has 0 amide bonds. The summed E-state index contributed by atoms with van der Waals surface area (Å²) in [6.07, 6.45) is 2.62. The predicted molar refractivity (Wildman–Crippen MR) is 69.5 cm³/mol. The van der Waals surface area contributed by atoms with Gasteiger partial charge in [0.15, 0.2) is 0 Å². The van der Waals surface area contributed by atoms with Gasteiger partial charge in [0.2, 0.25) is 0 Å². The van der Waals surface area contributed by atoms with E-state index >= 15 is 0 Å². The number of anilines is 1. The van der Waals surface area contributed by atoms with Crippen molar-refractivity contribution in [1.82, 2.24) is 5.32 Å². The highest BCUT2D eigenvalue weighted by Crippen LogP contribution is 2.47. The Bertz CT molecular complexity index is 336. The van der Waals surface area contributed by atoms with Gasteiger partial charge in [0.25, 0.3) is 0 Å². The van der Waals surface area contributed by atoms with E-state index in [-0.39, 0.29) is 0 Å². The normalized spacial score (nSPS) is 17.7. The van der Waals surface area contributed by atoms with Gasteiger partial charge in [-0.05, 0) is 43.0 Å². The van der Waals surface area contributed by atoms with Crippen LogP contribution in [-0.4, -0.2) is 13.1 Å². The Morgan fingerprint density at radius 2 is 1.88 bits per heavy atom. The minimum Gasteiger partial charge on any atom is -0.399 e. The van der Waals surface area contributed by atoms with Gasteiger partial charge in [-0.1, -0.05) is 26.0 Å². The summed E-state index contributed by atoms with van der Waals surface area (Å²) in [6, 6.07) is 8.38. The minimum absolute atomic E-state index is 0.405. The molecule has 1 aliphatic rings. The lowest BCUT2D eigenvalue weighted by Crippen LogP contribution is -2.29. The van der Waals surface area contributed by atoms with E-state index in [0.717, 1.165) is 24.7 Å². The molecule has 0 radical (unpaired) electrons. The van der Waals surface area contributed by atoms with E-state index in [2.05, 4.69) is 31.3 Å². The van der Waals surface area contributed by atoms with Crippen molar-refractivity contribution in [2.45, 2.75) is 32.1 Å². The number of hydrogen-bond acceptors (Lipinski definition) is 2. The molecule has 2 heteroatoms. The molecule has 1 aliphatic carbocycles. The van der Waals surface area contributed by atoms with E-state index < -0.39 is 0 Å². The van der Waals surface area contributed by atoms with Gasteiger partial charge >= 0.3 is 0 Å². The van der Waals surface area contributed by atoms with E-state index in [0.29, 0.717) is 5.41 Å². The van der Waals surface area contributed by atoms with Crippen molar-refractivity contribution in [3.05, 3.63) is 29.8 Å². The molecule has 1 aromatic rings. The van der Waals surface area contributed by atoms with Gasteiger partial charge in [0.1, 0.15) is 0 Å². The van der Waals surface area contributed by atoms with E-state index in [4.69, 9.17) is 5.73 Å². The lowest BCUT2D eigenvalue weighted by Gasteiger charge is -2.17. The second-order valence-electron chi connectivity index (χ2n) is 5.43. The second kappa shape index (κ2) is 4.46.